The third-order valence-corrected chi connectivity index (χ3v) is 4.11. The topological polar surface area (TPSA) is 48.5 Å². The summed E-state index contributed by atoms with van der Waals surface area (Å²) in [6.07, 6.45) is 4.83. The summed E-state index contributed by atoms with van der Waals surface area (Å²) in [4.78, 5) is 21.0. The minimum atomic E-state index is 0.0182. The normalized spacial score (nSPS) is 16.7. The molecule has 1 fully saturated rings. The maximum Gasteiger partial charge on any atom is 0.272 e. The van der Waals surface area contributed by atoms with Gasteiger partial charge in [0.05, 0.1) is 0 Å². The van der Waals surface area contributed by atoms with E-state index in [2.05, 4.69) is 29.2 Å². The lowest BCUT2D eigenvalue weighted by atomic mass is 10.0. The van der Waals surface area contributed by atoms with Crippen LogP contribution in [-0.4, -0.2) is 60.5 Å². The van der Waals surface area contributed by atoms with Gasteiger partial charge in [0.1, 0.15) is 5.69 Å². The van der Waals surface area contributed by atoms with Gasteiger partial charge in [0.25, 0.3) is 5.91 Å². The molecular formula is C16H26N4O. The minimum absolute atomic E-state index is 0.0182. The van der Waals surface area contributed by atoms with Crippen molar-refractivity contribution in [1.82, 2.24) is 14.8 Å². The fraction of sp³-hybridized carbons (Fsp3) is 0.625. The van der Waals surface area contributed by atoms with Crippen LogP contribution < -0.4 is 5.32 Å². The van der Waals surface area contributed by atoms with Crippen LogP contribution in [0.5, 0.6) is 0 Å². The molecule has 0 saturated carbocycles. The first-order chi connectivity index (χ1) is 10.1. The Morgan fingerprint density at radius 3 is 2.86 bits per heavy atom. The lowest BCUT2D eigenvalue weighted by molar-refractivity contribution is 0.0654. The van der Waals surface area contributed by atoms with Crippen LogP contribution in [0.25, 0.3) is 0 Å². The van der Waals surface area contributed by atoms with Crippen LogP contribution in [0.2, 0.25) is 0 Å². The number of likely N-dealkylation sites (tertiary alicyclic amines) is 1. The van der Waals surface area contributed by atoms with Crippen molar-refractivity contribution in [1.29, 1.82) is 0 Å². The Kier molecular flexibility index (Phi) is 5.56. The summed E-state index contributed by atoms with van der Waals surface area (Å²) in [6.45, 7) is 5.12. The van der Waals surface area contributed by atoms with Crippen LogP contribution in [-0.2, 0) is 0 Å². The summed E-state index contributed by atoms with van der Waals surface area (Å²) in [5, 5.41) is 3.30. The predicted molar refractivity (Wildman–Crippen MR) is 85.6 cm³/mol. The van der Waals surface area contributed by atoms with E-state index >= 15 is 0 Å². The van der Waals surface area contributed by atoms with E-state index in [4.69, 9.17) is 0 Å². The smallest absolute Gasteiger partial charge is 0.272 e. The first-order valence-electron chi connectivity index (χ1n) is 7.77. The number of amides is 1. The van der Waals surface area contributed by atoms with Gasteiger partial charge in [0, 0.05) is 31.5 Å². The Labute approximate surface area is 127 Å². The molecule has 5 heteroatoms. The van der Waals surface area contributed by atoms with Gasteiger partial charge in [0.2, 0.25) is 0 Å². The largest absolute Gasteiger partial charge is 0.385 e. The predicted octanol–water partition coefficient (Wildman–Crippen LogP) is 2.07. The van der Waals surface area contributed by atoms with E-state index in [0.717, 1.165) is 44.6 Å². The Morgan fingerprint density at radius 1 is 1.48 bits per heavy atom. The van der Waals surface area contributed by atoms with Crippen LogP contribution in [0.4, 0.5) is 5.69 Å². The van der Waals surface area contributed by atoms with Crippen molar-refractivity contribution < 1.29 is 4.79 Å². The highest BCUT2D eigenvalue weighted by molar-refractivity contribution is 5.93. The average molecular weight is 290 g/mol. The highest BCUT2D eigenvalue weighted by Gasteiger charge is 2.25. The summed E-state index contributed by atoms with van der Waals surface area (Å²) in [5.41, 5.74) is 1.49. The summed E-state index contributed by atoms with van der Waals surface area (Å²) in [5.74, 6) is 0.0182. The van der Waals surface area contributed by atoms with E-state index in [0.29, 0.717) is 11.7 Å². The summed E-state index contributed by atoms with van der Waals surface area (Å²) >= 11 is 0. The monoisotopic (exact) mass is 290 g/mol. The highest BCUT2D eigenvalue weighted by Crippen LogP contribution is 2.17. The molecule has 1 N–H and O–H groups in total. The zero-order chi connectivity index (χ0) is 15.2. The SMILES string of the molecule is CCCNc1ccnc(C(=O)N(C)C2CCN(C)CC2)c1. The molecule has 1 aliphatic rings. The van der Waals surface area contributed by atoms with E-state index < -0.39 is 0 Å². The van der Waals surface area contributed by atoms with Gasteiger partial charge < -0.3 is 15.1 Å². The third-order valence-electron chi connectivity index (χ3n) is 4.11. The second kappa shape index (κ2) is 7.41. The maximum atomic E-state index is 12.6. The summed E-state index contributed by atoms with van der Waals surface area (Å²) in [6, 6.07) is 4.08. The van der Waals surface area contributed by atoms with Crippen molar-refractivity contribution in [2.24, 2.45) is 0 Å². The Hall–Kier alpha value is -1.62. The van der Waals surface area contributed by atoms with Crippen molar-refractivity contribution in [3.63, 3.8) is 0 Å². The number of aromatic nitrogens is 1. The Balaban J connectivity index is 2.01. The lowest BCUT2D eigenvalue weighted by Crippen LogP contribution is -2.44. The molecule has 21 heavy (non-hydrogen) atoms. The summed E-state index contributed by atoms with van der Waals surface area (Å²) in [7, 11) is 4.02. The van der Waals surface area contributed by atoms with Crippen LogP contribution >= 0.6 is 0 Å². The molecule has 0 radical (unpaired) electrons. The zero-order valence-corrected chi connectivity index (χ0v) is 13.3. The van der Waals surface area contributed by atoms with Crippen molar-refractivity contribution in [3.8, 4) is 0 Å². The third kappa shape index (κ3) is 4.17. The molecule has 1 aromatic rings. The van der Waals surface area contributed by atoms with Gasteiger partial charge in [-0.15, -0.1) is 0 Å². The van der Waals surface area contributed by atoms with Crippen molar-refractivity contribution in [3.05, 3.63) is 24.0 Å². The van der Waals surface area contributed by atoms with Crippen molar-refractivity contribution in [2.75, 3.05) is 39.0 Å². The van der Waals surface area contributed by atoms with Crippen LogP contribution in [0.1, 0.15) is 36.7 Å². The van der Waals surface area contributed by atoms with Crippen molar-refractivity contribution >= 4 is 11.6 Å². The standard InChI is InChI=1S/C16H26N4O/c1-4-8-17-13-5-9-18-15(12-13)16(21)20(3)14-6-10-19(2)11-7-14/h5,9,12,14H,4,6-8,10-11H2,1-3H3,(H,17,18). The van der Waals surface area contributed by atoms with Gasteiger partial charge >= 0.3 is 0 Å². The van der Waals surface area contributed by atoms with Gasteiger partial charge in [-0.05, 0) is 51.5 Å². The summed E-state index contributed by atoms with van der Waals surface area (Å²) < 4.78 is 0. The number of nitrogens with one attached hydrogen (secondary N) is 1. The van der Waals surface area contributed by atoms with Gasteiger partial charge in [-0.3, -0.25) is 9.78 Å². The number of hydrogen-bond donors (Lipinski definition) is 1. The van der Waals surface area contributed by atoms with E-state index in [9.17, 15) is 4.79 Å². The van der Waals surface area contributed by atoms with E-state index in [-0.39, 0.29) is 5.91 Å². The molecule has 2 rings (SSSR count). The quantitative estimate of drug-likeness (QED) is 0.902. The van der Waals surface area contributed by atoms with E-state index in [1.54, 1.807) is 6.20 Å². The van der Waals surface area contributed by atoms with Crippen LogP contribution in [0.3, 0.4) is 0 Å². The molecule has 5 nitrogen and oxygen atoms in total. The molecule has 1 amide bonds. The molecule has 0 spiro atoms. The maximum absolute atomic E-state index is 12.6. The number of nitrogens with zero attached hydrogens (tertiary/aromatic N) is 3. The average Bonchev–Trinajstić information content (AvgIpc) is 2.52. The molecular weight excluding hydrogens is 264 g/mol. The van der Waals surface area contributed by atoms with E-state index in [1.165, 1.54) is 0 Å². The second-order valence-corrected chi connectivity index (χ2v) is 5.81. The Morgan fingerprint density at radius 2 is 2.19 bits per heavy atom. The van der Waals surface area contributed by atoms with E-state index in [1.807, 2.05) is 24.1 Å². The molecule has 2 heterocycles. The number of carbonyl (C=O) groups is 1. The molecule has 116 valence electrons. The van der Waals surface area contributed by atoms with Crippen LogP contribution in [0.15, 0.2) is 18.3 Å². The molecule has 0 bridgehead atoms. The van der Waals surface area contributed by atoms with Gasteiger partial charge in [-0.25, -0.2) is 0 Å². The van der Waals surface area contributed by atoms with Gasteiger partial charge in [0.15, 0.2) is 0 Å². The number of carbonyl (C=O) groups excluding carboxylic acids is 1. The van der Waals surface area contributed by atoms with Gasteiger partial charge in [-0.1, -0.05) is 6.92 Å². The molecule has 1 saturated heterocycles. The molecule has 0 aliphatic carbocycles. The number of piperidine rings is 1. The van der Waals surface area contributed by atoms with Crippen molar-refractivity contribution in [2.45, 2.75) is 32.2 Å². The fourth-order valence-electron chi connectivity index (χ4n) is 2.66. The number of anilines is 1. The minimum Gasteiger partial charge on any atom is -0.385 e. The first-order valence-corrected chi connectivity index (χ1v) is 7.77. The number of hydrogen-bond acceptors (Lipinski definition) is 4. The lowest BCUT2D eigenvalue weighted by Gasteiger charge is -2.35. The highest BCUT2D eigenvalue weighted by atomic mass is 16.2. The molecule has 1 aromatic heterocycles. The number of rotatable bonds is 5. The zero-order valence-electron chi connectivity index (χ0n) is 13.3. The van der Waals surface area contributed by atoms with Gasteiger partial charge in [-0.2, -0.15) is 0 Å². The van der Waals surface area contributed by atoms with Crippen LogP contribution in [0, 0.1) is 0 Å². The molecule has 0 unspecified atom stereocenters. The molecule has 1 aliphatic heterocycles. The second-order valence-electron chi connectivity index (χ2n) is 5.81. The Bertz CT molecular complexity index is 469. The molecule has 0 aromatic carbocycles. The number of pyridine rings is 1. The first kappa shape index (κ1) is 15.8. The molecule has 0 atom stereocenters. The fourth-order valence-corrected chi connectivity index (χ4v) is 2.66.